The average molecular weight is 447 g/mol. The van der Waals surface area contributed by atoms with Crippen molar-refractivity contribution in [3.63, 3.8) is 0 Å². The fraction of sp³-hybridized carbons (Fsp3) is 0.0625. The van der Waals surface area contributed by atoms with Gasteiger partial charge < -0.3 is 0 Å². The minimum atomic E-state index is -4.54. The van der Waals surface area contributed by atoms with Gasteiger partial charge in [-0.25, -0.2) is 26.6 Å². The van der Waals surface area contributed by atoms with Gasteiger partial charge in [-0.3, -0.25) is 4.79 Å². The van der Waals surface area contributed by atoms with Crippen LogP contribution < -0.4 is 4.72 Å². The molecule has 3 rings (SSSR count). The van der Waals surface area contributed by atoms with Crippen LogP contribution in [-0.2, 0) is 10.0 Å². The van der Waals surface area contributed by atoms with Crippen LogP contribution >= 0.6 is 23.2 Å². The van der Waals surface area contributed by atoms with Crippen molar-refractivity contribution in [2.24, 2.45) is 0 Å². The molecule has 0 fully saturated rings. The van der Waals surface area contributed by atoms with E-state index in [1.54, 1.807) is 16.9 Å². The van der Waals surface area contributed by atoms with Crippen LogP contribution in [0, 0.1) is 18.6 Å². The first kappa shape index (κ1) is 20.2. The summed E-state index contributed by atoms with van der Waals surface area (Å²) in [5, 5.41) is 8.08. The number of carbonyl (C=O) groups is 1. The van der Waals surface area contributed by atoms with Crippen molar-refractivity contribution >= 4 is 39.1 Å². The van der Waals surface area contributed by atoms with Gasteiger partial charge in [0.1, 0.15) is 11.6 Å². The molecule has 0 bridgehead atoms. The summed E-state index contributed by atoms with van der Waals surface area (Å²) in [5.74, 6) is -3.34. The Hall–Kier alpha value is -2.56. The lowest BCUT2D eigenvalue weighted by Crippen LogP contribution is -2.31. The van der Waals surface area contributed by atoms with E-state index in [0.29, 0.717) is 28.9 Å². The number of benzene rings is 2. The number of aromatic nitrogens is 3. The molecule has 0 aliphatic rings. The summed E-state index contributed by atoms with van der Waals surface area (Å²) < 4.78 is 54.0. The van der Waals surface area contributed by atoms with Gasteiger partial charge in [-0.1, -0.05) is 28.4 Å². The SMILES string of the molecule is Cc1c(C(=O)NS(=O)(=O)c2cc(F)cc(F)c2)nnn1-c1ccc(Cl)cc1Cl. The highest BCUT2D eigenvalue weighted by Crippen LogP contribution is 2.25. The molecule has 3 aromatic rings. The second-order valence-corrected chi connectivity index (χ2v) is 8.10. The molecule has 0 radical (unpaired) electrons. The van der Waals surface area contributed by atoms with E-state index in [2.05, 4.69) is 10.3 Å². The monoisotopic (exact) mass is 446 g/mol. The zero-order valence-corrected chi connectivity index (χ0v) is 16.3. The lowest BCUT2D eigenvalue weighted by molar-refractivity contribution is 0.0976. The smallest absolute Gasteiger partial charge is 0.266 e. The average Bonchev–Trinajstić information content (AvgIpc) is 2.95. The molecule has 0 aliphatic heterocycles. The fourth-order valence-electron chi connectivity index (χ4n) is 2.33. The number of amides is 1. The molecule has 2 aromatic carbocycles. The van der Waals surface area contributed by atoms with Gasteiger partial charge in [0.2, 0.25) is 0 Å². The Labute approximate surface area is 167 Å². The first-order valence-electron chi connectivity index (χ1n) is 7.49. The van der Waals surface area contributed by atoms with Gasteiger partial charge in [0, 0.05) is 11.1 Å². The molecule has 1 aromatic heterocycles. The van der Waals surface area contributed by atoms with Crippen molar-refractivity contribution in [1.82, 2.24) is 19.7 Å². The van der Waals surface area contributed by atoms with E-state index in [9.17, 15) is 22.0 Å². The molecule has 1 heterocycles. The minimum Gasteiger partial charge on any atom is -0.266 e. The lowest BCUT2D eigenvalue weighted by Gasteiger charge is -2.08. The summed E-state index contributed by atoms with van der Waals surface area (Å²) >= 11 is 11.9. The van der Waals surface area contributed by atoms with Crippen molar-refractivity contribution < 1.29 is 22.0 Å². The van der Waals surface area contributed by atoms with Gasteiger partial charge in [0.15, 0.2) is 5.69 Å². The van der Waals surface area contributed by atoms with Crippen LogP contribution in [0.3, 0.4) is 0 Å². The zero-order valence-electron chi connectivity index (χ0n) is 14.0. The molecular formula is C16H10Cl2F2N4O3S. The number of nitrogens with one attached hydrogen (secondary N) is 1. The summed E-state index contributed by atoms with van der Waals surface area (Å²) in [7, 11) is -4.54. The van der Waals surface area contributed by atoms with E-state index in [1.165, 1.54) is 17.7 Å². The van der Waals surface area contributed by atoms with Crippen molar-refractivity contribution in [2.45, 2.75) is 11.8 Å². The van der Waals surface area contributed by atoms with Crippen LogP contribution in [0.4, 0.5) is 8.78 Å². The van der Waals surface area contributed by atoms with Gasteiger partial charge in [0.25, 0.3) is 15.9 Å². The van der Waals surface area contributed by atoms with E-state index >= 15 is 0 Å². The fourth-order valence-corrected chi connectivity index (χ4v) is 3.82. The van der Waals surface area contributed by atoms with Crippen LogP contribution in [0.2, 0.25) is 10.0 Å². The van der Waals surface area contributed by atoms with Gasteiger partial charge in [-0.2, -0.15) is 0 Å². The van der Waals surface area contributed by atoms with Crippen LogP contribution in [-0.4, -0.2) is 29.3 Å². The summed E-state index contributed by atoms with van der Waals surface area (Å²) in [6.45, 7) is 1.47. The number of sulfonamides is 1. The highest BCUT2D eigenvalue weighted by molar-refractivity contribution is 7.90. The van der Waals surface area contributed by atoms with Crippen LogP contribution in [0.25, 0.3) is 5.69 Å². The van der Waals surface area contributed by atoms with Gasteiger partial charge in [-0.15, -0.1) is 5.10 Å². The molecule has 0 saturated carbocycles. The summed E-state index contributed by atoms with van der Waals surface area (Å²) in [6.07, 6.45) is 0. The molecule has 0 aliphatic carbocycles. The standard InChI is InChI=1S/C16H10Cl2F2N4O3S/c1-8-15(21-23-24(8)14-3-2-9(17)4-13(14)18)16(25)22-28(26,27)12-6-10(19)5-11(20)7-12/h2-7H,1H3,(H,22,25). The number of nitrogens with zero attached hydrogens (tertiary/aromatic N) is 3. The van der Waals surface area contributed by atoms with E-state index in [1.807, 2.05) is 0 Å². The van der Waals surface area contributed by atoms with Crippen LogP contribution in [0.5, 0.6) is 0 Å². The second-order valence-electron chi connectivity index (χ2n) is 5.57. The molecule has 7 nitrogen and oxygen atoms in total. The van der Waals surface area contributed by atoms with Gasteiger partial charge in [0.05, 0.1) is 21.3 Å². The Balaban J connectivity index is 1.92. The number of hydrogen-bond acceptors (Lipinski definition) is 5. The normalized spacial score (nSPS) is 11.5. The van der Waals surface area contributed by atoms with Crippen molar-refractivity contribution in [2.75, 3.05) is 0 Å². The topological polar surface area (TPSA) is 93.9 Å². The number of halogens is 4. The predicted octanol–water partition coefficient (Wildman–Crippen LogP) is 3.28. The highest BCUT2D eigenvalue weighted by atomic mass is 35.5. The van der Waals surface area contributed by atoms with Crippen molar-refractivity contribution in [1.29, 1.82) is 0 Å². The molecule has 0 atom stereocenters. The molecule has 0 spiro atoms. The van der Waals surface area contributed by atoms with Crippen molar-refractivity contribution in [3.8, 4) is 5.69 Å². The minimum absolute atomic E-state index is 0.183. The molecule has 146 valence electrons. The van der Waals surface area contributed by atoms with Crippen LogP contribution in [0.15, 0.2) is 41.3 Å². The Bertz CT molecular complexity index is 1180. The van der Waals surface area contributed by atoms with Crippen molar-refractivity contribution in [3.05, 3.63) is 69.5 Å². The van der Waals surface area contributed by atoms with E-state index < -0.39 is 32.5 Å². The first-order chi connectivity index (χ1) is 13.1. The maximum atomic E-state index is 13.3. The second kappa shape index (κ2) is 7.46. The van der Waals surface area contributed by atoms with Crippen LogP contribution in [0.1, 0.15) is 16.2 Å². The van der Waals surface area contributed by atoms with E-state index in [-0.39, 0.29) is 16.4 Å². The first-order valence-corrected chi connectivity index (χ1v) is 9.73. The summed E-state index contributed by atoms with van der Waals surface area (Å²) in [6, 6.07) is 6.22. The molecule has 1 N–H and O–H groups in total. The molecular weight excluding hydrogens is 437 g/mol. The third-order valence-corrected chi connectivity index (χ3v) is 5.47. The number of hydrogen-bond donors (Lipinski definition) is 1. The predicted molar refractivity (Wildman–Crippen MR) is 97.1 cm³/mol. The third kappa shape index (κ3) is 3.98. The zero-order chi connectivity index (χ0) is 20.6. The maximum absolute atomic E-state index is 13.3. The van der Waals surface area contributed by atoms with Gasteiger partial charge in [-0.05, 0) is 37.3 Å². The summed E-state index contributed by atoms with van der Waals surface area (Å²) in [5.41, 5.74) is 0.235. The largest absolute Gasteiger partial charge is 0.287 e. The molecule has 28 heavy (non-hydrogen) atoms. The van der Waals surface area contributed by atoms with E-state index in [4.69, 9.17) is 23.2 Å². The molecule has 0 saturated heterocycles. The Morgan fingerprint density at radius 1 is 1.11 bits per heavy atom. The van der Waals surface area contributed by atoms with Gasteiger partial charge >= 0.3 is 0 Å². The maximum Gasteiger partial charge on any atom is 0.287 e. The number of rotatable bonds is 4. The lowest BCUT2D eigenvalue weighted by atomic mass is 10.3. The Kier molecular flexibility index (Phi) is 5.37. The molecule has 0 unspecified atom stereocenters. The highest BCUT2D eigenvalue weighted by Gasteiger charge is 2.25. The Morgan fingerprint density at radius 3 is 2.36 bits per heavy atom. The van der Waals surface area contributed by atoms with E-state index in [0.717, 1.165) is 0 Å². The third-order valence-electron chi connectivity index (χ3n) is 3.62. The Morgan fingerprint density at radius 2 is 1.75 bits per heavy atom. The molecule has 12 heteroatoms. The molecule has 1 amide bonds. The number of carbonyl (C=O) groups excluding carboxylic acids is 1. The summed E-state index contributed by atoms with van der Waals surface area (Å²) in [4.78, 5) is 11.6. The quantitative estimate of drug-likeness (QED) is 0.663.